The monoisotopic (exact) mass is 691 g/mol. The Bertz CT molecular complexity index is 1130. The minimum atomic E-state index is -0.677. The molecule has 1 N–H and O–H groups in total. The molecule has 0 spiro atoms. The van der Waals surface area contributed by atoms with Gasteiger partial charge < -0.3 is 29.5 Å². The molecule has 0 aliphatic carbocycles. The van der Waals surface area contributed by atoms with Crippen LogP contribution >= 0.6 is 0 Å². The highest BCUT2D eigenvalue weighted by Crippen LogP contribution is 2.32. The highest BCUT2D eigenvalue weighted by Gasteiger charge is 2.47. The van der Waals surface area contributed by atoms with E-state index in [0.29, 0.717) is 32.7 Å². The molecular weight excluding hydrogens is 624 g/mol. The zero-order valence-electron chi connectivity index (χ0n) is 31.9. The summed E-state index contributed by atoms with van der Waals surface area (Å²) in [5, 5.41) is 3.15. The zero-order chi connectivity index (χ0) is 36.0. The van der Waals surface area contributed by atoms with Gasteiger partial charge in [-0.25, -0.2) is 0 Å². The molecule has 0 radical (unpaired) electrons. The number of nitrogens with zero attached hydrogens (tertiary/aromatic N) is 5. The summed E-state index contributed by atoms with van der Waals surface area (Å²) in [5.74, 6) is -0.0324. The van der Waals surface area contributed by atoms with Gasteiger partial charge in [0.2, 0.25) is 23.6 Å². The molecule has 7 atom stereocenters. The zero-order valence-corrected chi connectivity index (χ0v) is 31.9. The normalized spacial score (nSPS) is 28.2. The van der Waals surface area contributed by atoms with Crippen molar-refractivity contribution in [2.45, 2.75) is 135 Å². The third kappa shape index (κ3) is 9.15. The number of rotatable bonds is 13. The molecule has 49 heavy (non-hydrogen) atoms. The maximum atomic E-state index is 14.3. The van der Waals surface area contributed by atoms with Crippen LogP contribution in [0.5, 0.6) is 0 Å². The van der Waals surface area contributed by atoms with Crippen molar-refractivity contribution in [2.24, 2.45) is 11.3 Å². The van der Waals surface area contributed by atoms with E-state index in [2.05, 4.69) is 29.0 Å². The van der Waals surface area contributed by atoms with Crippen LogP contribution in [0.25, 0.3) is 0 Å². The van der Waals surface area contributed by atoms with Gasteiger partial charge in [-0.3, -0.25) is 29.0 Å². The molecule has 4 amide bonds. The number of piperidine rings is 1. The molecule has 4 saturated heterocycles. The molecule has 4 aliphatic rings. The SMILES string of the molecule is COC[C@H]1CC[C@@H](COC)N1C(=O)[C@@H]1CCCN1C(=O)[C@@H]1CCCN1C[C@H](C(C)C)N(C)C(=O)[C@@H](NC(=O)[C@H]1CCCCN1C)C(C)(C)C. The molecule has 0 saturated carbocycles. The van der Waals surface area contributed by atoms with E-state index in [1.54, 1.807) is 14.2 Å². The van der Waals surface area contributed by atoms with Crippen molar-refractivity contribution >= 4 is 23.6 Å². The fourth-order valence-corrected chi connectivity index (χ4v) is 8.69. The average Bonchev–Trinajstić information content (AvgIpc) is 3.81. The number of carbonyl (C=O) groups is 4. The minimum absolute atomic E-state index is 0.0108. The molecule has 4 heterocycles. The molecule has 12 nitrogen and oxygen atoms in total. The van der Waals surface area contributed by atoms with Crippen molar-refractivity contribution in [3.8, 4) is 0 Å². The van der Waals surface area contributed by atoms with Crippen molar-refractivity contribution in [1.82, 2.24) is 29.8 Å². The minimum Gasteiger partial charge on any atom is -0.383 e. The summed E-state index contributed by atoms with van der Waals surface area (Å²) in [6.07, 6.45) is 7.70. The summed E-state index contributed by atoms with van der Waals surface area (Å²) in [6.45, 7) is 13.9. The Kier molecular flexibility index (Phi) is 13.9. The number of hydrogen-bond donors (Lipinski definition) is 1. The van der Waals surface area contributed by atoms with Crippen LogP contribution in [0, 0.1) is 11.3 Å². The van der Waals surface area contributed by atoms with Crippen molar-refractivity contribution < 1.29 is 28.7 Å². The first-order chi connectivity index (χ1) is 23.2. The van der Waals surface area contributed by atoms with Gasteiger partial charge in [0.05, 0.1) is 37.4 Å². The van der Waals surface area contributed by atoms with Crippen LogP contribution in [0.3, 0.4) is 0 Å². The van der Waals surface area contributed by atoms with Crippen LogP contribution < -0.4 is 5.32 Å². The van der Waals surface area contributed by atoms with E-state index < -0.39 is 17.5 Å². The number of carbonyl (C=O) groups excluding carboxylic acids is 4. The summed E-state index contributed by atoms with van der Waals surface area (Å²) < 4.78 is 10.9. The summed E-state index contributed by atoms with van der Waals surface area (Å²) >= 11 is 0. The van der Waals surface area contributed by atoms with Gasteiger partial charge >= 0.3 is 0 Å². The number of methoxy groups -OCH3 is 2. The lowest BCUT2D eigenvalue weighted by atomic mass is 9.84. The van der Waals surface area contributed by atoms with E-state index in [1.807, 2.05) is 49.6 Å². The topological polar surface area (TPSA) is 115 Å². The number of nitrogens with one attached hydrogen (secondary N) is 1. The number of hydrogen-bond acceptors (Lipinski definition) is 8. The second kappa shape index (κ2) is 17.3. The second-order valence-corrected chi connectivity index (χ2v) is 16.4. The number of ether oxygens (including phenoxy) is 2. The Labute approximate surface area is 295 Å². The second-order valence-electron chi connectivity index (χ2n) is 16.4. The molecule has 0 aromatic rings. The fraction of sp³-hybridized carbons (Fsp3) is 0.892. The molecule has 4 fully saturated rings. The Hall–Kier alpha value is -2.28. The smallest absolute Gasteiger partial charge is 0.246 e. The van der Waals surface area contributed by atoms with Crippen molar-refractivity contribution in [2.75, 3.05) is 67.7 Å². The first-order valence-electron chi connectivity index (χ1n) is 18.8. The Morgan fingerprint density at radius 1 is 0.796 bits per heavy atom. The van der Waals surface area contributed by atoms with Crippen LogP contribution in [0.15, 0.2) is 0 Å². The predicted octanol–water partition coefficient (Wildman–Crippen LogP) is 2.59. The van der Waals surface area contributed by atoms with Gasteiger partial charge in [-0.05, 0) is 82.8 Å². The summed E-state index contributed by atoms with van der Waals surface area (Å²) in [7, 11) is 7.15. The number of likely N-dealkylation sites (N-methyl/N-ethyl adjacent to an activating group) is 2. The van der Waals surface area contributed by atoms with Crippen molar-refractivity contribution in [3.63, 3.8) is 0 Å². The first kappa shape index (κ1) is 39.5. The van der Waals surface area contributed by atoms with E-state index >= 15 is 0 Å². The molecule has 0 aromatic carbocycles. The average molecular weight is 691 g/mol. The molecular formula is C37H66N6O6. The van der Waals surface area contributed by atoms with Crippen molar-refractivity contribution in [3.05, 3.63) is 0 Å². The standard InChI is InChI=1S/C37H66N6O6/c1-25(2)31(40(7)36(47)32(37(3,4)5)38-33(44)28-14-10-11-19-39(28)6)22-41-20-12-15-29(41)34(45)42-21-13-16-30(42)35(46)43-26(23-48-8)17-18-27(43)24-49-9/h25-32H,10-24H2,1-9H3,(H,38,44)/t26-,27+,28-,29+,30+,31-,32-/m1/s1. The van der Waals surface area contributed by atoms with E-state index in [1.165, 1.54) is 0 Å². The molecule has 0 unspecified atom stereocenters. The molecule has 0 aromatic heterocycles. The Morgan fingerprint density at radius 3 is 1.96 bits per heavy atom. The van der Waals surface area contributed by atoms with Crippen LogP contribution in [0.1, 0.15) is 92.4 Å². The lowest BCUT2D eigenvalue weighted by molar-refractivity contribution is -0.149. The van der Waals surface area contributed by atoms with Gasteiger partial charge in [-0.15, -0.1) is 0 Å². The first-order valence-corrected chi connectivity index (χ1v) is 18.8. The predicted molar refractivity (Wildman–Crippen MR) is 190 cm³/mol. The number of likely N-dealkylation sites (tertiary alicyclic amines) is 4. The van der Waals surface area contributed by atoms with Gasteiger partial charge in [-0.2, -0.15) is 0 Å². The fourth-order valence-electron chi connectivity index (χ4n) is 8.69. The van der Waals surface area contributed by atoms with Crippen molar-refractivity contribution in [1.29, 1.82) is 0 Å². The van der Waals surface area contributed by atoms with E-state index in [4.69, 9.17) is 9.47 Å². The van der Waals surface area contributed by atoms with Gasteiger partial charge in [-0.1, -0.05) is 41.0 Å². The molecule has 4 aliphatic heterocycles. The lowest BCUT2D eigenvalue weighted by Crippen LogP contribution is -2.61. The highest BCUT2D eigenvalue weighted by atomic mass is 16.5. The Balaban J connectivity index is 1.47. The van der Waals surface area contributed by atoms with Gasteiger partial charge in [0.25, 0.3) is 0 Å². The largest absolute Gasteiger partial charge is 0.383 e. The quantitative estimate of drug-likeness (QED) is 0.314. The highest BCUT2D eigenvalue weighted by molar-refractivity contribution is 5.92. The maximum Gasteiger partial charge on any atom is 0.246 e. The summed E-state index contributed by atoms with van der Waals surface area (Å²) in [5.41, 5.74) is -0.487. The van der Waals surface area contributed by atoms with Gasteiger partial charge in [0.1, 0.15) is 12.1 Å². The molecule has 12 heteroatoms. The van der Waals surface area contributed by atoms with E-state index in [-0.39, 0.29) is 59.8 Å². The van der Waals surface area contributed by atoms with Gasteiger partial charge in [0.15, 0.2) is 0 Å². The summed E-state index contributed by atoms with van der Waals surface area (Å²) in [6, 6.07) is -1.89. The van der Waals surface area contributed by atoms with Crippen LogP contribution in [-0.2, 0) is 28.7 Å². The third-order valence-electron chi connectivity index (χ3n) is 11.6. The third-order valence-corrected chi connectivity index (χ3v) is 11.6. The lowest BCUT2D eigenvalue weighted by Gasteiger charge is -2.41. The molecule has 0 bridgehead atoms. The van der Waals surface area contributed by atoms with Crippen LogP contribution in [0.4, 0.5) is 0 Å². The molecule has 4 rings (SSSR count). The van der Waals surface area contributed by atoms with Gasteiger partial charge in [0, 0.05) is 40.4 Å². The van der Waals surface area contributed by atoms with E-state index in [9.17, 15) is 19.2 Å². The van der Waals surface area contributed by atoms with Crippen LogP contribution in [0.2, 0.25) is 0 Å². The molecule has 280 valence electrons. The van der Waals surface area contributed by atoms with Crippen LogP contribution in [-0.4, -0.2) is 158 Å². The summed E-state index contributed by atoms with van der Waals surface area (Å²) in [4.78, 5) is 66.1. The maximum absolute atomic E-state index is 14.3. The number of amides is 4. The Morgan fingerprint density at radius 2 is 1.39 bits per heavy atom. The van der Waals surface area contributed by atoms with E-state index in [0.717, 1.165) is 64.5 Å².